The largest absolute Gasteiger partial charge is 0.481 e. The lowest BCUT2D eigenvalue weighted by atomic mass is 9.98. The molecule has 0 unspecified atom stereocenters. The van der Waals surface area contributed by atoms with E-state index >= 15 is 0 Å². The maximum absolute atomic E-state index is 14.1. The first-order valence-corrected chi connectivity index (χ1v) is 10.7. The monoisotopic (exact) mass is 458 g/mol. The zero-order valence-electron chi connectivity index (χ0n) is 17.9. The van der Waals surface area contributed by atoms with Crippen molar-refractivity contribution in [2.24, 2.45) is 11.8 Å². The number of fused-ring (bicyclic) bond motifs is 3. The molecule has 0 aliphatic heterocycles. The zero-order chi connectivity index (χ0) is 23.8. The highest BCUT2D eigenvalue weighted by molar-refractivity contribution is 5.84. The van der Waals surface area contributed by atoms with Crippen LogP contribution in [-0.4, -0.2) is 48.2 Å². The minimum absolute atomic E-state index is 0.0531. The van der Waals surface area contributed by atoms with Crippen molar-refractivity contribution in [3.8, 4) is 11.1 Å². The minimum Gasteiger partial charge on any atom is -0.481 e. The summed E-state index contributed by atoms with van der Waals surface area (Å²) in [5.41, 5.74) is 4.22. The number of carboxylic acids is 1. The number of alkyl carbamates (subject to hydrolysis) is 1. The second kappa shape index (κ2) is 8.80. The van der Waals surface area contributed by atoms with Crippen LogP contribution in [0.15, 0.2) is 48.5 Å². The third-order valence-corrected chi connectivity index (χ3v) is 6.16. The Kier molecular flexibility index (Phi) is 6.05. The molecule has 9 heteroatoms. The Morgan fingerprint density at radius 1 is 1.06 bits per heavy atom. The van der Waals surface area contributed by atoms with Gasteiger partial charge in [0.1, 0.15) is 12.5 Å². The number of benzene rings is 2. The van der Waals surface area contributed by atoms with E-state index in [1.807, 2.05) is 48.5 Å². The van der Waals surface area contributed by atoms with Crippen molar-refractivity contribution >= 4 is 18.0 Å². The predicted octanol–water partition coefficient (Wildman–Crippen LogP) is 3.39. The number of aliphatic carboxylic acids is 1. The summed E-state index contributed by atoms with van der Waals surface area (Å²) in [5.74, 6) is -8.46. The van der Waals surface area contributed by atoms with Gasteiger partial charge >= 0.3 is 12.1 Å². The van der Waals surface area contributed by atoms with Gasteiger partial charge in [0, 0.05) is 18.5 Å². The fraction of sp³-hybridized carbons (Fsp3) is 0.375. The fourth-order valence-corrected chi connectivity index (χ4v) is 4.49. The highest BCUT2D eigenvalue weighted by atomic mass is 19.3. The SMILES string of the molecule is C[C@H](CC(=O)O)NC(=O)[C@@H]1[C@H](CNC(=O)OCC2c3ccccc3-c3ccccc32)C1(F)F. The zero-order valence-corrected chi connectivity index (χ0v) is 17.9. The summed E-state index contributed by atoms with van der Waals surface area (Å²) in [5, 5.41) is 13.3. The van der Waals surface area contributed by atoms with Gasteiger partial charge in [-0.05, 0) is 29.2 Å². The third-order valence-electron chi connectivity index (χ3n) is 6.16. The number of carbonyl (C=O) groups excluding carboxylic acids is 2. The number of amides is 2. The summed E-state index contributed by atoms with van der Waals surface area (Å²) in [4.78, 5) is 35.0. The molecular weight excluding hydrogens is 434 g/mol. The van der Waals surface area contributed by atoms with Gasteiger partial charge < -0.3 is 20.5 Å². The Bertz CT molecular complexity index is 1040. The standard InChI is InChI=1S/C24H24F2N2O5/c1-13(10-20(29)30)28-22(31)21-19(24(21,25)26)11-27-23(32)33-12-18-16-8-4-2-6-14(16)15-7-3-5-9-17(15)18/h2-9,13,18-19,21H,10-12H2,1H3,(H,27,32)(H,28,31)(H,29,30)/t13-,19+,21+/m1/s1. The second-order valence-electron chi connectivity index (χ2n) is 8.47. The van der Waals surface area contributed by atoms with Gasteiger partial charge in [0.05, 0.1) is 12.3 Å². The molecule has 33 heavy (non-hydrogen) atoms. The lowest BCUT2D eigenvalue weighted by Crippen LogP contribution is -2.36. The highest BCUT2D eigenvalue weighted by Gasteiger charge is 2.71. The van der Waals surface area contributed by atoms with E-state index in [0.717, 1.165) is 22.3 Å². The van der Waals surface area contributed by atoms with Gasteiger partial charge in [-0.25, -0.2) is 13.6 Å². The molecule has 0 aromatic heterocycles. The van der Waals surface area contributed by atoms with E-state index in [9.17, 15) is 23.2 Å². The Morgan fingerprint density at radius 2 is 1.64 bits per heavy atom. The molecule has 0 spiro atoms. The van der Waals surface area contributed by atoms with Gasteiger partial charge in [-0.2, -0.15) is 0 Å². The van der Waals surface area contributed by atoms with E-state index in [0.29, 0.717) is 0 Å². The van der Waals surface area contributed by atoms with E-state index in [-0.39, 0.29) is 18.9 Å². The topological polar surface area (TPSA) is 105 Å². The summed E-state index contributed by atoms with van der Waals surface area (Å²) in [7, 11) is 0. The molecule has 2 aromatic carbocycles. The smallest absolute Gasteiger partial charge is 0.407 e. The Hall–Kier alpha value is -3.49. The molecule has 2 amide bonds. The number of alkyl halides is 2. The maximum atomic E-state index is 14.1. The number of nitrogens with one attached hydrogen (secondary N) is 2. The van der Waals surface area contributed by atoms with Crippen molar-refractivity contribution in [1.82, 2.24) is 10.6 Å². The molecule has 0 saturated heterocycles. The number of carboxylic acid groups (broad SMARTS) is 1. The van der Waals surface area contributed by atoms with E-state index in [1.54, 1.807) is 0 Å². The van der Waals surface area contributed by atoms with Gasteiger partial charge in [-0.15, -0.1) is 0 Å². The molecule has 1 saturated carbocycles. The Balaban J connectivity index is 1.30. The third kappa shape index (κ3) is 4.53. The normalized spacial score (nSPS) is 20.8. The van der Waals surface area contributed by atoms with Crippen LogP contribution in [0.2, 0.25) is 0 Å². The average molecular weight is 458 g/mol. The molecule has 174 valence electrons. The molecule has 2 aromatic rings. The molecule has 7 nitrogen and oxygen atoms in total. The maximum Gasteiger partial charge on any atom is 0.407 e. The van der Waals surface area contributed by atoms with Crippen LogP contribution >= 0.6 is 0 Å². The van der Waals surface area contributed by atoms with Gasteiger partial charge in [0.15, 0.2) is 0 Å². The van der Waals surface area contributed by atoms with Crippen LogP contribution in [0.3, 0.4) is 0 Å². The number of hydrogen-bond acceptors (Lipinski definition) is 4. The van der Waals surface area contributed by atoms with Crippen molar-refractivity contribution in [3.05, 3.63) is 59.7 Å². The van der Waals surface area contributed by atoms with Gasteiger partial charge in [0.2, 0.25) is 5.91 Å². The Morgan fingerprint density at radius 3 is 2.21 bits per heavy atom. The summed E-state index contributed by atoms with van der Waals surface area (Å²) in [6.45, 7) is 1.06. The number of rotatable bonds is 8. The number of hydrogen-bond donors (Lipinski definition) is 3. The number of halogens is 2. The van der Waals surface area contributed by atoms with E-state index in [1.165, 1.54) is 6.92 Å². The van der Waals surface area contributed by atoms with E-state index in [4.69, 9.17) is 9.84 Å². The summed E-state index contributed by atoms with van der Waals surface area (Å²) < 4.78 is 33.5. The van der Waals surface area contributed by atoms with Gasteiger partial charge in [-0.3, -0.25) is 9.59 Å². The number of carbonyl (C=O) groups is 3. The molecule has 2 aliphatic rings. The molecule has 0 heterocycles. The fourth-order valence-electron chi connectivity index (χ4n) is 4.49. The summed E-state index contributed by atoms with van der Waals surface area (Å²) in [6.07, 6.45) is -1.20. The molecule has 0 radical (unpaired) electrons. The average Bonchev–Trinajstić information content (AvgIpc) is 3.17. The molecule has 2 aliphatic carbocycles. The summed E-state index contributed by atoms with van der Waals surface area (Å²) >= 11 is 0. The quantitative estimate of drug-likeness (QED) is 0.563. The van der Waals surface area contributed by atoms with Crippen LogP contribution < -0.4 is 10.6 Å². The lowest BCUT2D eigenvalue weighted by Gasteiger charge is -2.14. The van der Waals surface area contributed by atoms with E-state index < -0.39 is 48.3 Å². The van der Waals surface area contributed by atoms with E-state index in [2.05, 4.69) is 10.6 Å². The molecule has 4 rings (SSSR count). The first-order chi connectivity index (χ1) is 15.7. The van der Waals surface area contributed by atoms with Crippen LogP contribution in [0.25, 0.3) is 11.1 Å². The first kappa shape index (κ1) is 22.7. The first-order valence-electron chi connectivity index (χ1n) is 10.7. The molecule has 3 N–H and O–H groups in total. The van der Waals surface area contributed by atoms with Gasteiger partial charge in [-0.1, -0.05) is 48.5 Å². The predicted molar refractivity (Wildman–Crippen MR) is 115 cm³/mol. The van der Waals surface area contributed by atoms with Crippen molar-refractivity contribution in [3.63, 3.8) is 0 Å². The van der Waals surface area contributed by atoms with Crippen molar-refractivity contribution < 1.29 is 33.0 Å². The lowest BCUT2D eigenvalue weighted by molar-refractivity contribution is -0.137. The van der Waals surface area contributed by atoms with Crippen molar-refractivity contribution in [2.75, 3.05) is 13.2 Å². The van der Waals surface area contributed by atoms with Gasteiger partial charge in [0.25, 0.3) is 5.92 Å². The van der Waals surface area contributed by atoms with Crippen LogP contribution in [0.1, 0.15) is 30.4 Å². The second-order valence-corrected chi connectivity index (χ2v) is 8.47. The minimum atomic E-state index is -3.27. The molecular formula is C24H24F2N2O5. The highest BCUT2D eigenvalue weighted by Crippen LogP contribution is 2.55. The Labute approximate surface area is 189 Å². The van der Waals surface area contributed by atoms with Crippen LogP contribution in [0.4, 0.5) is 13.6 Å². The summed E-state index contributed by atoms with van der Waals surface area (Å²) in [6, 6.07) is 14.9. The van der Waals surface area contributed by atoms with Crippen LogP contribution in [0, 0.1) is 11.8 Å². The molecule has 0 bridgehead atoms. The molecule has 1 fully saturated rings. The van der Waals surface area contributed by atoms with Crippen LogP contribution in [-0.2, 0) is 14.3 Å². The van der Waals surface area contributed by atoms with Crippen molar-refractivity contribution in [2.45, 2.75) is 31.2 Å². The van der Waals surface area contributed by atoms with Crippen molar-refractivity contribution in [1.29, 1.82) is 0 Å². The molecule has 3 atom stereocenters. The van der Waals surface area contributed by atoms with Crippen LogP contribution in [0.5, 0.6) is 0 Å². The number of ether oxygens (including phenoxy) is 1.